The van der Waals surface area contributed by atoms with Crippen molar-refractivity contribution >= 4 is 34.4 Å². The Balaban J connectivity index is 1.83. The number of amidine groups is 2. The number of nitrogens with two attached hydrogens (primary N) is 1. The highest BCUT2D eigenvalue weighted by Crippen LogP contribution is 2.39. The monoisotopic (exact) mass is 634 g/mol. The molecule has 5 aromatic rings. The van der Waals surface area contributed by atoms with E-state index in [0.717, 1.165) is 39.7 Å². The predicted molar refractivity (Wildman–Crippen MR) is 207 cm³/mol. The van der Waals surface area contributed by atoms with Gasteiger partial charge in [-0.3, -0.25) is 4.90 Å². The second-order valence-electron chi connectivity index (χ2n) is 13.7. The molecule has 0 bridgehead atoms. The average Bonchev–Trinajstić information content (AvgIpc) is 3.08. The minimum atomic E-state index is 0.302. The predicted octanol–water partition coefficient (Wildman–Crippen LogP) is 12.1. The minimum Gasteiger partial charge on any atom is -0.383 e. The number of para-hydroxylation sites is 4. The summed E-state index contributed by atoms with van der Waals surface area (Å²) in [7, 11) is 0. The van der Waals surface area contributed by atoms with Crippen molar-refractivity contribution in [2.24, 2.45) is 15.7 Å². The van der Waals surface area contributed by atoms with Crippen LogP contribution in [0.2, 0.25) is 0 Å². The van der Waals surface area contributed by atoms with Crippen LogP contribution in [0.25, 0.3) is 0 Å². The molecule has 4 nitrogen and oxygen atoms in total. The second kappa shape index (κ2) is 15.3. The maximum Gasteiger partial charge on any atom is 0.145 e. The van der Waals surface area contributed by atoms with Crippen LogP contribution < -0.4 is 10.6 Å². The van der Waals surface area contributed by atoms with E-state index in [1.54, 1.807) is 0 Å². The van der Waals surface area contributed by atoms with Crippen molar-refractivity contribution in [2.45, 2.75) is 79.1 Å². The van der Waals surface area contributed by atoms with Gasteiger partial charge in [0, 0.05) is 16.8 Å². The van der Waals surface area contributed by atoms with Gasteiger partial charge in [0.05, 0.1) is 17.1 Å². The highest BCUT2D eigenvalue weighted by Gasteiger charge is 2.24. The summed E-state index contributed by atoms with van der Waals surface area (Å²) >= 11 is 0. The largest absolute Gasteiger partial charge is 0.383 e. The van der Waals surface area contributed by atoms with Crippen LogP contribution in [0.1, 0.15) is 112 Å². The molecule has 0 fully saturated rings. The van der Waals surface area contributed by atoms with E-state index in [-0.39, 0.29) is 0 Å². The first-order chi connectivity index (χ1) is 23.1. The fourth-order valence-corrected chi connectivity index (χ4v) is 6.24. The summed E-state index contributed by atoms with van der Waals surface area (Å²) in [6, 6.07) is 42.3. The van der Waals surface area contributed by atoms with Gasteiger partial charge in [-0.1, -0.05) is 152 Å². The average molecular weight is 635 g/mol. The van der Waals surface area contributed by atoms with E-state index in [2.05, 4.69) is 163 Å². The number of anilines is 2. The molecule has 0 aliphatic carbocycles. The van der Waals surface area contributed by atoms with Gasteiger partial charge in [-0.25, -0.2) is 9.98 Å². The molecule has 0 spiro atoms. The first kappa shape index (κ1) is 34.4. The van der Waals surface area contributed by atoms with Crippen LogP contribution in [-0.4, -0.2) is 11.7 Å². The third kappa shape index (κ3) is 7.44. The van der Waals surface area contributed by atoms with Gasteiger partial charge >= 0.3 is 0 Å². The van der Waals surface area contributed by atoms with Gasteiger partial charge in [0.2, 0.25) is 0 Å². The topological polar surface area (TPSA) is 54.0 Å². The normalized spacial score (nSPS) is 12.4. The van der Waals surface area contributed by atoms with Crippen molar-refractivity contribution in [1.82, 2.24) is 0 Å². The van der Waals surface area contributed by atoms with Gasteiger partial charge in [0.15, 0.2) is 0 Å². The molecule has 0 saturated carbocycles. The van der Waals surface area contributed by atoms with E-state index < -0.39 is 0 Å². The highest BCUT2D eigenvalue weighted by atomic mass is 15.2. The van der Waals surface area contributed by atoms with Crippen molar-refractivity contribution in [1.29, 1.82) is 0 Å². The molecule has 0 saturated heterocycles. The lowest BCUT2D eigenvalue weighted by Crippen LogP contribution is -2.30. The fourth-order valence-electron chi connectivity index (χ4n) is 6.24. The van der Waals surface area contributed by atoms with Crippen molar-refractivity contribution in [3.63, 3.8) is 0 Å². The van der Waals surface area contributed by atoms with Gasteiger partial charge in [-0.2, -0.15) is 0 Å². The SMILES string of the molecule is CC(C)c1cccc(C(C)C)c1N=C(N)c1ccccc1N(C(=Nc1c(C(C)C)cccc1C(C)C)c1ccccc1)c1ccccc1. The molecule has 0 aromatic heterocycles. The Morgan fingerprint density at radius 2 is 0.896 bits per heavy atom. The number of hydrogen-bond donors (Lipinski definition) is 1. The van der Waals surface area contributed by atoms with Crippen LogP contribution in [0.15, 0.2) is 131 Å². The van der Waals surface area contributed by atoms with Crippen LogP contribution in [-0.2, 0) is 0 Å². The molecule has 246 valence electrons. The van der Waals surface area contributed by atoms with E-state index in [0.29, 0.717) is 29.5 Å². The van der Waals surface area contributed by atoms with Crippen molar-refractivity contribution < 1.29 is 0 Å². The Morgan fingerprint density at radius 3 is 1.38 bits per heavy atom. The summed E-state index contributed by atoms with van der Waals surface area (Å²) in [6.45, 7) is 17.8. The molecule has 5 aromatic carbocycles. The van der Waals surface area contributed by atoms with Gasteiger partial charge in [-0.15, -0.1) is 0 Å². The Morgan fingerprint density at radius 1 is 0.479 bits per heavy atom. The van der Waals surface area contributed by atoms with Crippen molar-refractivity contribution in [2.75, 3.05) is 4.90 Å². The maximum atomic E-state index is 7.08. The van der Waals surface area contributed by atoms with Crippen LogP contribution in [0.5, 0.6) is 0 Å². The summed E-state index contributed by atoms with van der Waals surface area (Å²) in [4.78, 5) is 13.1. The lowest BCUT2D eigenvalue weighted by molar-refractivity contribution is 0.834. The lowest BCUT2D eigenvalue weighted by atomic mass is 9.92. The molecule has 0 atom stereocenters. The Hall–Kier alpha value is -4.96. The molecular formula is C44H50N4. The molecule has 0 aliphatic heterocycles. The smallest absolute Gasteiger partial charge is 0.145 e. The molecule has 2 N–H and O–H groups in total. The van der Waals surface area contributed by atoms with Gasteiger partial charge in [0.25, 0.3) is 0 Å². The van der Waals surface area contributed by atoms with Crippen LogP contribution in [0, 0.1) is 0 Å². The number of hydrogen-bond acceptors (Lipinski definition) is 2. The number of nitrogens with zero attached hydrogens (tertiary/aromatic N) is 3. The molecular weight excluding hydrogens is 585 g/mol. The first-order valence-electron chi connectivity index (χ1n) is 17.3. The summed E-state index contributed by atoms with van der Waals surface area (Å²) < 4.78 is 0. The quantitative estimate of drug-likeness (QED) is 0.123. The fraction of sp³-hybridized carbons (Fsp3) is 0.273. The molecule has 0 heterocycles. The van der Waals surface area contributed by atoms with E-state index >= 15 is 0 Å². The van der Waals surface area contributed by atoms with Crippen molar-refractivity contribution in [3.05, 3.63) is 155 Å². The number of rotatable bonds is 10. The minimum absolute atomic E-state index is 0.302. The summed E-state index contributed by atoms with van der Waals surface area (Å²) in [5.41, 5.74) is 17.7. The third-order valence-electron chi connectivity index (χ3n) is 8.81. The molecule has 0 amide bonds. The maximum absolute atomic E-state index is 7.08. The molecule has 0 aliphatic rings. The zero-order valence-corrected chi connectivity index (χ0v) is 29.8. The van der Waals surface area contributed by atoms with Crippen LogP contribution >= 0.6 is 0 Å². The van der Waals surface area contributed by atoms with E-state index in [4.69, 9.17) is 15.7 Å². The van der Waals surface area contributed by atoms with E-state index in [1.807, 2.05) is 18.2 Å². The Labute approximate surface area is 288 Å². The highest BCUT2D eigenvalue weighted by molar-refractivity contribution is 6.18. The number of benzene rings is 5. The van der Waals surface area contributed by atoms with Gasteiger partial charge in [0.1, 0.15) is 11.7 Å². The molecule has 5 rings (SSSR count). The standard InChI is InChI=1S/C44H50N4/c1-29(2)35-24-17-25-36(30(3)4)41(35)46-43(45)39-23-15-16-28-40(39)48(34-21-13-10-14-22-34)44(33-19-11-9-12-20-33)47-42-37(31(5)6)26-18-27-38(42)32(7)8/h9-32H,1-8H3,(H2,45,46). The van der Waals surface area contributed by atoms with Crippen LogP contribution in [0.4, 0.5) is 22.7 Å². The number of aliphatic imine (C=N–C) groups is 2. The third-order valence-corrected chi connectivity index (χ3v) is 8.81. The molecule has 4 heteroatoms. The zero-order chi connectivity index (χ0) is 34.4. The summed E-state index contributed by atoms with van der Waals surface area (Å²) in [5.74, 6) is 2.51. The summed E-state index contributed by atoms with van der Waals surface area (Å²) in [5, 5.41) is 0. The molecule has 0 radical (unpaired) electrons. The van der Waals surface area contributed by atoms with Gasteiger partial charge in [-0.05, 0) is 70.2 Å². The second-order valence-corrected chi connectivity index (χ2v) is 13.7. The first-order valence-corrected chi connectivity index (χ1v) is 17.3. The molecule has 48 heavy (non-hydrogen) atoms. The van der Waals surface area contributed by atoms with Crippen molar-refractivity contribution in [3.8, 4) is 0 Å². The van der Waals surface area contributed by atoms with E-state index in [1.165, 1.54) is 22.3 Å². The lowest BCUT2D eigenvalue weighted by Gasteiger charge is -2.30. The van der Waals surface area contributed by atoms with E-state index in [9.17, 15) is 0 Å². The zero-order valence-electron chi connectivity index (χ0n) is 29.8. The summed E-state index contributed by atoms with van der Waals surface area (Å²) in [6.07, 6.45) is 0. The van der Waals surface area contributed by atoms with Gasteiger partial charge < -0.3 is 5.73 Å². The Bertz CT molecular complexity index is 1830. The van der Waals surface area contributed by atoms with Crippen LogP contribution in [0.3, 0.4) is 0 Å². The molecule has 0 unspecified atom stereocenters. The Kier molecular flexibility index (Phi) is 11.0.